The molecule has 0 saturated heterocycles. The number of nitrogens with two attached hydrogens (primary N) is 1. The molecule has 88 valence electrons. The molecule has 0 unspecified atom stereocenters. The molecule has 0 saturated carbocycles. The van der Waals surface area contributed by atoms with Gasteiger partial charge in [0.05, 0.1) is 0 Å². The number of amides is 1. The number of nitrogen functional groups attached to an aromatic ring is 1. The molecule has 2 heterocycles. The minimum atomic E-state index is -0.258. The predicted octanol–water partition coefficient (Wildman–Crippen LogP) is 0.0541. The second kappa shape index (κ2) is 4.60. The number of carbonyl (C=O) groups excluding carboxylic acids is 1. The summed E-state index contributed by atoms with van der Waals surface area (Å²) < 4.78 is 0. The van der Waals surface area contributed by atoms with Crippen LogP contribution in [0.25, 0.3) is 0 Å². The predicted molar refractivity (Wildman–Crippen MR) is 60.8 cm³/mol. The van der Waals surface area contributed by atoms with Crippen LogP contribution in [-0.2, 0) is 6.54 Å². The number of hydrogen-bond donors (Lipinski definition) is 2. The van der Waals surface area contributed by atoms with Crippen molar-refractivity contribution in [1.82, 2.24) is 25.1 Å². The molecule has 0 spiro atoms. The van der Waals surface area contributed by atoms with Crippen LogP contribution in [-0.4, -0.2) is 38.0 Å². The standard InChI is InChI=1S/C10H12N6O/c1-16(6-7-2-4-12-5-3-7)9(17)8-13-10(11)15-14-8/h2-5H,6H2,1H3,(H3,11,13,14,15). The van der Waals surface area contributed by atoms with Crippen molar-refractivity contribution in [2.75, 3.05) is 12.8 Å². The number of aromatic amines is 1. The number of aromatic nitrogens is 4. The van der Waals surface area contributed by atoms with Crippen molar-refractivity contribution >= 4 is 11.9 Å². The van der Waals surface area contributed by atoms with Crippen molar-refractivity contribution in [2.24, 2.45) is 0 Å². The smallest absolute Gasteiger partial charge is 0.291 e. The van der Waals surface area contributed by atoms with E-state index in [9.17, 15) is 4.79 Å². The van der Waals surface area contributed by atoms with Crippen LogP contribution in [0.2, 0.25) is 0 Å². The summed E-state index contributed by atoms with van der Waals surface area (Å²) >= 11 is 0. The van der Waals surface area contributed by atoms with Crippen molar-refractivity contribution < 1.29 is 4.79 Å². The molecular weight excluding hydrogens is 220 g/mol. The summed E-state index contributed by atoms with van der Waals surface area (Å²) in [5.41, 5.74) is 6.33. The van der Waals surface area contributed by atoms with E-state index in [1.54, 1.807) is 19.4 Å². The first-order valence-electron chi connectivity index (χ1n) is 4.99. The summed E-state index contributed by atoms with van der Waals surface area (Å²) in [5.74, 6) is -0.0595. The highest BCUT2D eigenvalue weighted by Crippen LogP contribution is 2.04. The maximum Gasteiger partial charge on any atom is 0.291 e. The number of rotatable bonds is 3. The lowest BCUT2D eigenvalue weighted by Gasteiger charge is -2.15. The Morgan fingerprint density at radius 1 is 1.47 bits per heavy atom. The maximum absolute atomic E-state index is 11.9. The number of pyridine rings is 1. The Morgan fingerprint density at radius 3 is 2.76 bits per heavy atom. The number of hydrogen-bond acceptors (Lipinski definition) is 5. The number of carbonyl (C=O) groups is 1. The van der Waals surface area contributed by atoms with Gasteiger partial charge in [-0.3, -0.25) is 14.9 Å². The molecule has 0 bridgehead atoms. The summed E-state index contributed by atoms with van der Waals surface area (Å²) in [7, 11) is 1.68. The Hall–Kier alpha value is -2.44. The zero-order valence-corrected chi connectivity index (χ0v) is 9.29. The van der Waals surface area contributed by atoms with Crippen LogP contribution in [0.15, 0.2) is 24.5 Å². The molecule has 7 nitrogen and oxygen atoms in total. The molecule has 17 heavy (non-hydrogen) atoms. The minimum absolute atomic E-state index is 0.0608. The van der Waals surface area contributed by atoms with E-state index < -0.39 is 0 Å². The van der Waals surface area contributed by atoms with Gasteiger partial charge in [-0.1, -0.05) is 0 Å². The molecule has 0 aliphatic heterocycles. The third-order valence-corrected chi connectivity index (χ3v) is 2.22. The number of H-pyrrole nitrogens is 1. The highest BCUT2D eigenvalue weighted by atomic mass is 16.2. The van der Waals surface area contributed by atoms with E-state index in [0.717, 1.165) is 5.56 Å². The van der Waals surface area contributed by atoms with Gasteiger partial charge >= 0.3 is 0 Å². The summed E-state index contributed by atoms with van der Waals surface area (Å²) in [6.07, 6.45) is 3.36. The fourth-order valence-electron chi connectivity index (χ4n) is 1.39. The van der Waals surface area contributed by atoms with Gasteiger partial charge in [-0.25, -0.2) is 0 Å². The van der Waals surface area contributed by atoms with E-state index in [1.165, 1.54) is 4.90 Å². The molecule has 2 aromatic heterocycles. The number of nitrogens with zero attached hydrogens (tertiary/aromatic N) is 4. The average Bonchev–Trinajstić information content (AvgIpc) is 2.76. The SMILES string of the molecule is CN(Cc1ccncc1)C(=O)c1nc(N)n[nH]1. The van der Waals surface area contributed by atoms with E-state index in [0.29, 0.717) is 6.54 Å². The first-order valence-corrected chi connectivity index (χ1v) is 4.99. The van der Waals surface area contributed by atoms with Crippen molar-refractivity contribution in [1.29, 1.82) is 0 Å². The second-order valence-electron chi connectivity index (χ2n) is 3.56. The Bertz CT molecular complexity index is 509. The van der Waals surface area contributed by atoms with Crippen LogP contribution in [0.4, 0.5) is 5.95 Å². The Labute approximate surface area is 97.7 Å². The van der Waals surface area contributed by atoms with E-state index in [4.69, 9.17) is 5.73 Å². The molecule has 0 aliphatic rings. The monoisotopic (exact) mass is 232 g/mol. The Kier molecular flexibility index (Phi) is 2.99. The fraction of sp³-hybridized carbons (Fsp3) is 0.200. The highest BCUT2D eigenvalue weighted by Gasteiger charge is 2.15. The zero-order chi connectivity index (χ0) is 12.3. The zero-order valence-electron chi connectivity index (χ0n) is 9.29. The van der Waals surface area contributed by atoms with Crippen LogP contribution in [0.3, 0.4) is 0 Å². The molecule has 3 N–H and O–H groups in total. The lowest BCUT2D eigenvalue weighted by atomic mass is 10.2. The fourth-order valence-corrected chi connectivity index (χ4v) is 1.39. The lowest BCUT2D eigenvalue weighted by Crippen LogP contribution is -2.27. The van der Waals surface area contributed by atoms with Crippen molar-refractivity contribution in [3.63, 3.8) is 0 Å². The molecule has 0 radical (unpaired) electrons. The molecular formula is C10H12N6O. The summed E-state index contributed by atoms with van der Waals surface area (Å²) in [5, 5.41) is 6.09. The van der Waals surface area contributed by atoms with E-state index in [2.05, 4.69) is 20.2 Å². The summed E-state index contributed by atoms with van der Waals surface area (Å²) in [6.45, 7) is 0.474. The van der Waals surface area contributed by atoms with Crippen LogP contribution in [0.1, 0.15) is 16.2 Å². The molecule has 0 aromatic carbocycles. The van der Waals surface area contributed by atoms with Gasteiger partial charge in [0.15, 0.2) is 0 Å². The molecule has 1 amide bonds. The molecule has 0 aliphatic carbocycles. The van der Waals surface area contributed by atoms with Crippen LogP contribution in [0.5, 0.6) is 0 Å². The minimum Gasteiger partial charge on any atom is -0.366 e. The number of nitrogens with one attached hydrogen (secondary N) is 1. The Balaban J connectivity index is 2.06. The Morgan fingerprint density at radius 2 is 2.18 bits per heavy atom. The van der Waals surface area contributed by atoms with E-state index >= 15 is 0 Å². The third-order valence-electron chi connectivity index (χ3n) is 2.22. The quantitative estimate of drug-likeness (QED) is 0.778. The lowest BCUT2D eigenvalue weighted by molar-refractivity contribution is 0.0773. The van der Waals surface area contributed by atoms with Gasteiger partial charge in [-0.2, -0.15) is 4.98 Å². The van der Waals surface area contributed by atoms with E-state index in [-0.39, 0.29) is 17.7 Å². The van der Waals surface area contributed by atoms with Crippen molar-refractivity contribution in [2.45, 2.75) is 6.54 Å². The second-order valence-corrected chi connectivity index (χ2v) is 3.56. The third kappa shape index (κ3) is 2.57. The average molecular weight is 232 g/mol. The molecule has 2 aromatic rings. The van der Waals surface area contributed by atoms with Gasteiger partial charge in [0.2, 0.25) is 11.8 Å². The molecule has 7 heteroatoms. The van der Waals surface area contributed by atoms with Gasteiger partial charge in [-0.05, 0) is 17.7 Å². The molecule has 0 fully saturated rings. The molecule has 2 rings (SSSR count). The van der Waals surface area contributed by atoms with Gasteiger partial charge < -0.3 is 10.6 Å². The van der Waals surface area contributed by atoms with E-state index in [1.807, 2.05) is 12.1 Å². The van der Waals surface area contributed by atoms with Gasteiger partial charge in [0.25, 0.3) is 5.91 Å². The topological polar surface area (TPSA) is 101 Å². The van der Waals surface area contributed by atoms with Crippen LogP contribution < -0.4 is 5.73 Å². The summed E-state index contributed by atoms with van der Waals surface area (Å²) in [6, 6.07) is 3.69. The van der Waals surface area contributed by atoms with Crippen LogP contribution in [0, 0.1) is 0 Å². The van der Waals surface area contributed by atoms with Gasteiger partial charge in [0.1, 0.15) is 0 Å². The van der Waals surface area contributed by atoms with Crippen molar-refractivity contribution in [3.05, 3.63) is 35.9 Å². The maximum atomic E-state index is 11.9. The van der Waals surface area contributed by atoms with Gasteiger partial charge in [-0.15, -0.1) is 5.10 Å². The first-order chi connectivity index (χ1) is 8.16. The summed E-state index contributed by atoms with van der Waals surface area (Å²) in [4.78, 5) is 21.1. The first kappa shape index (κ1) is 11.1. The largest absolute Gasteiger partial charge is 0.366 e. The van der Waals surface area contributed by atoms with Crippen LogP contribution >= 0.6 is 0 Å². The van der Waals surface area contributed by atoms with Crippen molar-refractivity contribution in [3.8, 4) is 0 Å². The molecule has 0 atom stereocenters. The number of anilines is 1. The van der Waals surface area contributed by atoms with Gasteiger partial charge in [0, 0.05) is 26.0 Å². The normalized spacial score (nSPS) is 10.2. The highest BCUT2D eigenvalue weighted by molar-refractivity contribution is 5.90.